The molecule has 3 N–H and O–H groups in total. The summed E-state index contributed by atoms with van der Waals surface area (Å²) < 4.78 is 0. The molecular formula is C26H30BN5O2. The molecule has 0 unspecified atom stereocenters. The van der Waals surface area contributed by atoms with E-state index < -0.39 is 0 Å². The predicted octanol–water partition coefficient (Wildman–Crippen LogP) is 2.52. The summed E-state index contributed by atoms with van der Waals surface area (Å²) in [6.07, 6.45) is 6.34. The molecule has 1 aromatic carbocycles. The summed E-state index contributed by atoms with van der Waals surface area (Å²) in [4.78, 5) is 36.3. The topological polar surface area (TPSA) is 101 Å². The lowest BCUT2D eigenvalue weighted by Gasteiger charge is -2.23. The zero-order valence-electron chi connectivity index (χ0n) is 20.0. The maximum atomic E-state index is 13.2. The van der Waals surface area contributed by atoms with E-state index in [-0.39, 0.29) is 23.7 Å². The van der Waals surface area contributed by atoms with E-state index in [1.165, 1.54) is 6.20 Å². The molecule has 1 saturated heterocycles. The van der Waals surface area contributed by atoms with Crippen molar-refractivity contribution >= 4 is 48.4 Å². The third-order valence-corrected chi connectivity index (χ3v) is 6.75. The molecule has 2 radical (unpaired) electrons. The largest absolute Gasteiger partial charge is 0.404 e. The molecule has 1 aliphatic carbocycles. The molecule has 2 heterocycles. The van der Waals surface area contributed by atoms with Crippen LogP contribution in [0.4, 0.5) is 11.5 Å². The maximum absolute atomic E-state index is 13.2. The van der Waals surface area contributed by atoms with Gasteiger partial charge in [0.1, 0.15) is 13.7 Å². The van der Waals surface area contributed by atoms with Gasteiger partial charge in [-0.3, -0.25) is 14.6 Å². The maximum Gasteiger partial charge on any atom is 0.233 e. The Morgan fingerprint density at radius 3 is 2.76 bits per heavy atom. The van der Waals surface area contributed by atoms with Crippen LogP contribution in [0, 0.1) is 18.3 Å². The zero-order valence-corrected chi connectivity index (χ0v) is 20.0. The molecule has 4 rings (SSSR count). The minimum atomic E-state index is -0.273. The Morgan fingerprint density at radius 2 is 2.09 bits per heavy atom. The first-order valence-electron chi connectivity index (χ1n) is 11.6. The Morgan fingerprint density at radius 1 is 1.32 bits per heavy atom. The number of aromatic nitrogens is 1. The fourth-order valence-electron chi connectivity index (χ4n) is 4.79. The molecule has 7 nitrogen and oxygen atoms in total. The summed E-state index contributed by atoms with van der Waals surface area (Å²) in [5.41, 5.74) is 9.75. The Kier molecular flexibility index (Phi) is 6.59. The highest BCUT2D eigenvalue weighted by Gasteiger charge is 2.52. The second kappa shape index (κ2) is 9.45. The van der Waals surface area contributed by atoms with Gasteiger partial charge in [0.15, 0.2) is 0 Å². The van der Waals surface area contributed by atoms with Crippen LogP contribution in [0.25, 0.3) is 5.57 Å². The molecule has 1 aromatic heterocycles. The van der Waals surface area contributed by atoms with Gasteiger partial charge >= 0.3 is 0 Å². The first-order chi connectivity index (χ1) is 16.2. The SMILES string of the molecule is [B]c1cc(CC(=O)Nc2cc(N3CC[C@@](C)(C4CC4)C3=O)cc(C)n2)cc(C(C=NC)=CN)c1. The first-order valence-corrected chi connectivity index (χ1v) is 11.6. The van der Waals surface area contributed by atoms with Crippen LogP contribution in [0.3, 0.4) is 0 Å². The van der Waals surface area contributed by atoms with E-state index in [0.717, 1.165) is 47.3 Å². The van der Waals surface area contributed by atoms with Gasteiger partial charge in [-0.1, -0.05) is 30.6 Å². The van der Waals surface area contributed by atoms with Gasteiger partial charge in [0, 0.05) is 49.0 Å². The number of hydrogen-bond acceptors (Lipinski definition) is 5. The summed E-state index contributed by atoms with van der Waals surface area (Å²) in [6.45, 7) is 4.63. The highest BCUT2D eigenvalue weighted by atomic mass is 16.2. The number of rotatable bonds is 7. The first kappa shape index (κ1) is 23.7. The molecule has 2 fully saturated rings. The number of carbonyl (C=O) groups excluding carboxylic acids is 2. The number of anilines is 2. The lowest BCUT2D eigenvalue weighted by atomic mass is 9.83. The third-order valence-electron chi connectivity index (χ3n) is 6.75. The number of carbonyl (C=O) groups is 2. The number of hydrogen-bond donors (Lipinski definition) is 2. The summed E-state index contributed by atoms with van der Waals surface area (Å²) in [5, 5.41) is 2.88. The second-order valence-corrected chi connectivity index (χ2v) is 9.45. The Labute approximate surface area is 202 Å². The minimum Gasteiger partial charge on any atom is -0.404 e. The predicted molar refractivity (Wildman–Crippen MR) is 138 cm³/mol. The normalized spacial score (nSPS) is 20.9. The van der Waals surface area contributed by atoms with Crippen molar-refractivity contribution in [3.05, 3.63) is 53.4 Å². The second-order valence-electron chi connectivity index (χ2n) is 9.45. The van der Waals surface area contributed by atoms with Gasteiger partial charge in [0.05, 0.1) is 11.8 Å². The summed E-state index contributed by atoms with van der Waals surface area (Å²) in [6, 6.07) is 9.09. The van der Waals surface area contributed by atoms with E-state index in [4.69, 9.17) is 13.6 Å². The number of amides is 2. The molecular weight excluding hydrogens is 425 g/mol. The van der Waals surface area contributed by atoms with E-state index in [0.29, 0.717) is 23.7 Å². The Bertz CT molecular complexity index is 1190. The number of allylic oxidation sites excluding steroid dienone is 1. The molecule has 1 aliphatic heterocycles. The van der Waals surface area contributed by atoms with Crippen molar-refractivity contribution in [1.29, 1.82) is 0 Å². The summed E-state index contributed by atoms with van der Waals surface area (Å²) in [5.74, 6) is 0.870. The van der Waals surface area contributed by atoms with Crippen LogP contribution in [0.2, 0.25) is 0 Å². The van der Waals surface area contributed by atoms with Crippen molar-refractivity contribution in [1.82, 2.24) is 4.98 Å². The quantitative estimate of drug-likeness (QED) is 0.495. The van der Waals surface area contributed by atoms with Gasteiger partial charge in [-0.05, 0) is 49.3 Å². The van der Waals surface area contributed by atoms with Crippen molar-refractivity contribution in [2.75, 3.05) is 23.8 Å². The van der Waals surface area contributed by atoms with Gasteiger partial charge in [0.2, 0.25) is 11.8 Å². The molecule has 1 atom stereocenters. The standard InChI is InChI=1S/C26H30BN5O2/c1-16-8-22(32-7-6-26(2,25(32)34)20-4-5-20)13-23(30-16)31-24(33)11-17-9-18(12-21(27)10-17)19(14-28)15-29-3/h8-10,12-15,20H,4-7,11,28H2,1-3H3,(H,30,31,33)/t26-/m0/s1. The highest BCUT2D eigenvalue weighted by molar-refractivity contribution is 6.32. The van der Waals surface area contributed by atoms with Crippen LogP contribution in [0.5, 0.6) is 0 Å². The van der Waals surface area contributed by atoms with E-state index in [1.807, 2.05) is 24.0 Å². The van der Waals surface area contributed by atoms with E-state index in [2.05, 4.69) is 22.2 Å². The van der Waals surface area contributed by atoms with Gasteiger partial charge < -0.3 is 16.0 Å². The van der Waals surface area contributed by atoms with Gasteiger partial charge in [0.25, 0.3) is 0 Å². The molecule has 2 aromatic rings. The van der Waals surface area contributed by atoms with E-state index in [1.54, 1.807) is 31.5 Å². The van der Waals surface area contributed by atoms with Crippen molar-refractivity contribution < 1.29 is 9.59 Å². The number of nitrogens with zero attached hydrogens (tertiary/aromatic N) is 3. The lowest BCUT2D eigenvalue weighted by molar-refractivity contribution is -0.125. The summed E-state index contributed by atoms with van der Waals surface area (Å²) >= 11 is 0. The number of nitrogens with one attached hydrogen (secondary N) is 1. The monoisotopic (exact) mass is 455 g/mol. The van der Waals surface area contributed by atoms with E-state index in [9.17, 15) is 9.59 Å². The van der Waals surface area contributed by atoms with Gasteiger partial charge in [-0.15, -0.1) is 0 Å². The van der Waals surface area contributed by atoms with E-state index >= 15 is 0 Å². The van der Waals surface area contributed by atoms with Crippen LogP contribution in [-0.4, -0.2) is 44.5 Å². The average Bonchev–Trinajstić information content (AvgIpc) is 3.58. The molecule has 1 saturated carbocycles. The van der Waals surface area contributed by atoms with Crippen molar-refractivity contribution in [3.63, 3.8) is 0 Å². The van der Waals surface area contributed by atoms with Crippen molar-refractivity contribution in [2.24, 2.45) is 22.1 Å². The Balaban J connectivity index is 1.50. The smallest absolute Gasteiger partial charge is 0.233 e. The zero-order chi connectivity index (χ0) is 24.5. The Hall–Kier alpha value is -3.42. The minimum absolute atomic E-state index is 0.118. The number of benzene rings is 1. The number of nitrogens with two attached hydrogens (primary N) is 1. The highest BCUT2D eigenvalue weighted by Crippen LogP contribution is 2.52. The number of aliphatic imine (C=N–C) groups is 1. The molecule has 0 spiro atoms. The molecule has 0 bridgehead atoms. The van der Waals surface area contributed by atoms with Crippen LogP contribution >= 0.6 is 0 Å². The average molecular weight is 455 g/mol. The molecule has 8 heteroatoms. The third kappa shape index (κ3) is 4.91. The van der Waals surface area contributed by atoms with Gasteiger partial charge in [-0.2, -0.15) is 0 Å². The molecule has 174 valence electrons. The van der Waals surface area contributed by atoms with Crippen LogP contribution in [0.15, 0.2) is 41.5 Å². The lowest BCUT2D eigenvalue weighted by Crippen LogP contribution is -2.34. The van der Waals surface area contributed by atoms with Crippen LogP contribution in [0.1, 0.15) is 43.0 Å². The van der Waals surface area contributed by atoms with Crippen molar-refractivity contribution in [3.8, 4) is 0 Å². The van der Waals surface area contributed by atoms with Crippen LogP contribution < -0.4 is 21.4 Å². The fraction of sp³-hybridized carbons (Fsp3) is 0.385. The van der Waals surface area contributed by atoms with Gasteiger partial charge in [-0.25, -0.2) is 4.98 Å². The van der Waals surface area contributed by atoms with Crippen LogP contribution in [-0.2, 0) is 16.0 Å². The number of pyridine rings is 1. The van der Waals surface area contributed by atoms with Crippen molar-refractivity contribution in [2.45, 2.75) is 39.5 Å². The molecule has 34 heavy (non-hydrogen) atoms. The molecule has 2 aliphatic rings. The number of aryl methyl sites for hydroxylation is 1. The molecule has 2 amide bonds. The fourth-order valence-corrected chi connectivity index (χ4v) is 4.79. The summed E-state index contributed by atoms with van der Waals surface area (Å²) in [7, 11) is 7.71.